The Kier molecular flexibility index (Phi) is 4.52. The van der Waals surface area contributed by atoms with Crippen molar-refractivity contribution in [3.63, 3.8) is 0 Å². The van der Waals surface area contributed by atoms with Crippen LogP contribution in [0.1, 0.15) is 10.4 Å². The molecule has 0 spiro atoms. The summed E-state index contributed by atoms with van der Waals surface area (Å²) in [6.07, 6.45) is 0. The summed E-state index contributed by atoms with van der Waals surface area (Å²) >= 11 is 6.00. The molecule has 0 saturated carbocycles. The van der Waals surface area contributed by atoms with Crippen molar-refractivity contribution in [3.05, 3.63) is 52.8 Å². The number of hydrogen-bond acceptors (Lipinski definition) is 5. The number of rotatable bonds is 5. The molecule has 0 unspecified atom stereocenters. The molecule has 0 atom stereocenters. The predicted octanol–water partition coefficient (Wildman–Crippen LogP) is 3.44. The van der Waals surface area contributed by atoms with Crippen molar-refractivity contribution in [1.82, 2.24) is 0 Å². The molecule has 5 nitrogen and oxygen atoms in total. The smallest absolute Gasteiger partial charge is 0.338 e. The minimum absolute atomic E-state index is 0.0285. The van der Waals surface area contributed by atoms with E-state index in [4.69, 9.17) is 30.5 Å². The summed E-state index contributed by atoms with van der Waals surface area (Å²) < 4.78 is 33.9. The minimum atomic E-state index is -0.581. The SMILES string of the molecule is O=C(OCCOc1ccccc1F)c1cc(Cl)c2c(c1)OCO2. The normalized spacial score (nSPS) is 12.1. The second kappa shape index (κ2) is 6.75. The van der Waals surface area contributed by atoms with Gasteiger partial charge in [-0.25, -0.2) is 9.18 Å². The highest BCUT2D eigenvalue weighted by atomic mass is 35.5. The van der Waals surface area contributed by atoms with Crippen molar-refractivity contribution in [2.75, 3.05) is 20.0 Å². The molecule has 0 fully saturated rings. The van der Waals surface area contributed by atoms with Gasteiger partial charge in [-0.15, -0.1) is 0 Å². The zero-order valence-electron chi connectivity index (χ0n) is 11.9. The average Bonchev–Trinajstić information content (AvgIpc) is 3.02. The summed E-state index contributed by atoms with van der Waals surface area (Å²) in [5, 5.41) is 0.273. The number of halogens is 2. The van der Waals surface area contributed by atoms with Crippen LogP contribution in [-0.2, 0) is 4.74 Å². The maximum Gasteiger partial charge on any atom is 0.338 e. The van der Waals surface area contributed by atoms with Crippen LogP contribution in [0.15, 0.2) is 36.4 Å². The van der Waals surface area contributed by atoms with Crippen LogP contribution in [0.4, 0.5) is 4.39 Å². The number of carbonyl (C=O) groups is 1. The lowest BCUT2D eigenvalue weighted by atomic mass is 10.2. The van der Waals surface area contributed by atoms with E-state index in [2.05, 4.69) is 0 Å². The second-order valence-corrected chi connectivity index (χ2v) is 5.01. The molecular formula is C16H12ClFO5. The number of benzene rings is 2. The third-order valence-electron chi connectivity index (χ3n) is 3.07. The molecule has 2 aromatic carbocycles. The van der Waals surface area contributed by atoms with Gasteiger partial charge in [0.05, 0.1) is 10.6 Å². The summed E-state index contributed by atoms with van der Waals surface area (Å²) in [7, 11) is 0. The fourth-order valence-corrected chi connectivity index (χ4v) is 2.28. The van der Waals surface area contributed by atoms with Gasteiger partial charge in [-0.1, -0.05) is 23.7 Å². The number of fused-ring (bicyclic) bond motifs is 1. The highest BCUT2D eigenvalue weighted by Gasteiger charge is 2.21. The molecule has 0 radical (unpaired) electrons. The van der Waals surface area contributed by atoms with Gasteiger partial charge in [-0.05, 0) is 24.3 Å². The van der Waals surface area contributed by atoms with Crippen molar-refractivity contribution < 1.29 is 28.1 Å². The highest BCUT2D eigenvalue weighted by Crippen LogP contribution is 2.39. The molecule has 1 aliphatic heterocycles. The van der Waals surface area contributed by atoms with Crippen molar-refractivity contribution >= 4 is 17.6 Å². The lowest BCUT2D eigenvalue weighted by molar-refractivity contribution is 0.0448. The van der Waals surface area contributed by atoms with Gasteiger partial charge < -0.3 is 18.9 Å². The first-order chi connectivity index (χ1) is 11.1. The molecule has 0 amide bonds. The van der Waals surface area contributed by atoms with E-state index < -0.39 is 11.8 Å². The van der Waals surface area contributed by atoms with Gasteiger partial charge in [0.25, 0.3) is 0 Å². The Bertz CT molecular complexity index is 734. The van der Waals surface area contributed by atoms with Gasteiger partial charge in [0, 0.05) is 0 Å². The highest BCUT2D eigenvalue weighted by molar-refractivity contribution is 6.32. The number of ether oxygens (including phenoxy) is 4. The molecular weight excluding hydrogens is 327 g/mol. The predicted molar refractivity (Wildman–Crippen MR) is 79.8 cm³/mol. The van der Waals surface area contributed by atoms with Crippen molar-refractivity contribution in [3.8, 4) is 17.2 Å². The molecule has 1 aliphatic rings. The Labute approximate surface area is 136 Å². The van der Waals surface area contributed by atoms with Crippen LogP contribution in [0.2, 0.25) is 5.02 Å². The Morgan fingerprint density at radius 3 is 2.87 bits per heavy atom. The van der Waals surface area contributed by atoms with Crippen LogP contribution < -0.4 is 14.2 Å². The summed E-state index contributed by atoms with van der Waals surface area (Å²) in [6, 6.07) is 8.93. The van der Waals surface area contributed by atoms with E-state index in [1.807, 2.05) is 0 Å². The Morgan fingerprint density at radius 2 is 2.04 bits per heavy atom. The molecule has 7 heteroatoms. The largest absolute Gasteiger partial charge is 0.487 e. The van der Waals surface area contributed by atoms with Crippen molar-refractivity contribution in [2.45, 2.75) is 0 Å². The van der Waals surface area contributed by atoms with Gasteiger partial charge >= 0.3 is 5.97 Å². The topological polar surface area (TPSA) is 54.0 Å². The maximum absolute atomic E-state index is 13.3. The average molecular weight is 339 g/mol. The minimum Gasteiger partial charge on any atom is -0.487 e. The molecule has 2 aromatic rings. The zero-order chi connectivity index (χ0) is 16.2. The van der Waals surface area contributed by atoms with Gasteiger partial charge in [0.2, 0.25) is 6.79 Å². The van der Waals surface area contributed by atoms with Crippen LogP contribution in [0.5, 0.6) is 17.2 Å². The van der Waals surface area contributed by atoms with Crippen LogP contribution in [0.25, 0.3) is 0 Å². The summed E-state index contributed by atoms with van der Waals surface area (Å²) in [5.74, 6) is -0.142. The molecule has 3 rings (SSSR count). The molecule has 23 heavy (non-hydrogen) atoms. The molecule has 0 N–H and O–H groups in total. The third-order valence-corrected chi connectivity index (χ3v) is 3.35. The van der Waals surface area contributed by atoms with E-state index in [1.165, 1.54) is 24.3 Å². The molecule has 0 bridgehead atoms. The number of carbonyl (C=O) groups excluding carboxylic acids is 1. The molecule has 0 aliphatic carbocycles. The van der Waals surface area contributed by atoms with Crippen molar-refractivity contribution in [2.24, 2.45) is 0 Å². The number of esters is 1. The van der Waals surface area contributed by atoms with E-state index in [0.717, 1.165) is 0 Å². The summed E-state index contributed by atoms with van der Waals surface area (Å²) in [5.41, 5.74) is 0.241. The fourth-order valence-electron chi connectivity index (χ4n) is 2.02. The van der Waals surface area contributed by atoms with E-state index in [1.54, 1.807) is 12.1 Å². The van der Waals surface area contributed by atoms with E-state index in [9.17, 15) is 9.18 Å². The lowest BCUT2D eigenvalue weighted by Crippen LogP contribution is -2.12. The summed E-state index contributed by atoms with van der Waals surface area (Å²) in [6.45, 7) is 0.0637. The van der Waals surface area contributed by atoms with E-state index >= 15 is 0 Å². The molecule has 120 valence electrons. The molecule has 0 saturated heterocycles. The molecule has 1 heterocycles. The fraction of sp³-hybridized carbons (Fsp3) is 0.188. The van der Waals surface area contributed by atoms with Crippen LogP contribution in [0.3, 0.4) is 0 Å². The van der Waals surface area contributed by atoms with Crippen molar-refractivity contribution in [1.29, 1.82) is 0 Å². The summed E-state index contributed by atoms with van der Waals surface area (Å²) in [4.78, 5) is 12.0. The monoisotopic (exact) mass is 338 g/mol. The third kappa shape index (κ3) is 3.48. The Balaban J connectivity index is 1.54. The standard InChI is InChI=1S/C16H12ClFO5/c17-11-7-10(8-14-15(11)23-9-22-14)16(19)21-6-5-20-13-4-2-1-3-12(13)18/h1-4,7-8H,5-6,9H2. The van der Waals surface area contributed by atoms with Crippen LogP contribution in [-0.4, -0.2) is 26.0 Å². The first-order valence-corrected chi connectivity index (χ1v) is 7.16. The maximum atomic E-state index is 13.3. The van der Waals surface area contributed by atoms with Gasteiger partial charge in [0.15, 0.2) is 23.1 Å². The number of para-hydroxylation sites is 1. The first-order valence-electron chi connectivity index (χ1n) is 6.79. The first kappa shape index (κ1) is 15.4. The van der Waals surface area contributed by atoms with E-state index in [-0.39, 0.29) is 36.3 Å². The zero-order valence-corrected chi connectivity index (χ0v) is 12.6. The van der Waals surface area contributed by atoms with Crippen LogP contribution >= 0.6 is 11.6 Å². The Hall–Kier alpha value is -2.47. The molecule has 0 aromatic heterocycles. The van der Waals surface area contributed by atoms with Gasteiger partial charge in [-0.3, -0.25) is 0 Å². The van der Waals surface area contributed by atoms with Crippen LogP contribution in [0, 0.1) is 5.82 Å². The Morgan fingerprint density at radius 1 is 1.22 bits per heavy atom. The van der Waals surface area contributed by atoms with Gasteiger partial charge in [0.1, 0.15) is 13.2 Å². The number of hydrogen-bond donors (Lipinski definition) is 0. The quantitative estimate of drug-likeness (QED) is 0.617. The van der Waals surface area contributed by atoms with E-state index in [0.29, 0.717) is 11.5 Å². The lowest BCUT2D eigenvalue weighted by Gasteiger charge is -2.08. The van der Waals surface area contributed by atoms with Gasteiger partial charge in [-0.2, -0.15) is 0 Å². The second-order valence-electron chi connectivity index (χ2n) is 4.61.